The highest BCUT2D eigenvalue weighted by atomic mass is 32.2. The van der Waals surface area contributed by atoms with Gasteiger partial charge >= 0.3 is 6.03 Å². The van der Waals surface area contributed by atoms with Gasteiger partial charge in [-0.15, -0.1) is 11.3 Å². The van der Waals surface area contributed by atoms with Gasteiger partial charge in [-0.1, -0.05) is 32.3 Å². The molecule has 0 saturated heterocycles. The van der Waals surface area contributed by atoms with E-state index >= 15 is 0 Å². The number of nitrogens with one attached hydrogen (secondary N) is 2. The third kappa shape index (κ3) is 9.82. The van der Waals surface area contributed by atoms with Crippen molar-refractivity contribution in [3.05, 3.63) is 41.3 Å². The number of urea groups is 1. The second kappa shape index (κ2) is 16.8. The van der Waals surface area contributed by atoms with Gasteiger partial charge in [-0.3, -0.25) is 9.52 Å². The van der Waals surface area contributed by atoms with Gasteiger partial charge in [0.15, 0.2) is 0 Å². The van der Waals surface area contributed by atoms with E-state index in [0.29, 0.717) is 18.9 Å². The molecule has 1 aliphatic heterocycles. The van der Waals surface area contributed by atoms with Gasteiger partial charge in [0.2, 0.25) is 0 Å². The molecule has 0 bridgehead atoms. The number of hydrogen-bond acceptors (Lipinski definition) is 8. The van der Waals surface area contributed by atoms with Crippen molar-refractivity contribution in [3.63, 3.8) is 0 Å². The van der Waals surface area contributed by atoms with Crippen molar-refractivity contribution >= 4 is 39.0 Å². The average Bonchev–Trinajstić information content (AvgIpc) is 3.59. The summed E-state index contributed by atoms with van der Waals surface area (Å²) in [5.74, 6) is -0.245. The van der Waals surface area contributed by atoms with Crippen molar-refractivity contribution in [2.45, 2.75) is 101 Å². The fourth-order valence-corrected chi connectivity index (χ4v) is 8.00. The largest absolute Gasteiger partial charge is 0.490 e. The number of carbonyl (C=O) groups excluding carboxylic acids is 2. The summed E-state index contributed by atoms with van der Waals surface area (Å²) < 4.78 is 41.3. The monoisotopic (exact) mass is 678 g/mol. The van der Waals surface area contributed by atoms with Crippen molar-refractivity contribution in [1.29, 1.82) is 0 Å². The number of aliphatic hydroxyl groups excluding tert-OH is 1. The van der Waals surface area contributed by atoms with Crippen LogP contribution in [0.5, 0.6) is 5.75 Å². The van der Waals surface area contributed by atoms with Gasteiger partial charge in [0.1, 0.15) is 9.96 Å². The molecule has 2 aromatic rings. The molecule has 1 fully saturated rings. The summed E-state index contributed by atoms with van der Waals surface area (Å²) in [6.07, 6.45) is 7.25. The van der Waals surface area contributed by atoms with Gasteiger partial charge in [-0.05, 0) is 75.6 Å². The molecule has 3 N–H and O–H groups in total. The molecule has 0 spiro atoms. The maximum atomic E-state index is 14.3. The first-order valence-electron chi connectivity index (χ1n) is 16.4. The summed E-state index contributed by atoms with van der Waals surface area (Å²) in [6.45, 7) is 6.51. The lowest BCUT2D eigenvalue weighted by molar-refractivity contribution is -0.0123. The maximum Gasteiger partial charge on any atom is 0.317 e. The molecule has 11 nitrogen and oxygen atoms in total. The third-order valence-electron chi connectivity index (χ3n) is 8.80. The summed E-state index contributed by atoms with van der Waals surface area (Å²) in [5, 5.41) is 15.0. The van der Waals surface area contributed by atoms with Gasteiger partial charge in [-0.25, -0.2) is 13.2 Å². The van der Waals surface area contributed by atoms with E-state index in [-0.39, 0.29) is 58.8 Å². The Morgan fingerprint density at radius 2 is 1.87 bits per heavy atom. The molecule has 4 rings (SSSR count). The van der Waals surface area contributed by atoms with Crippen LogP contribution in [0.1, 0.15) is 82.5 Å². The van der Waals surface area contributed by atoms with Crippen LogP contribution < -0.4 is 14.8 Å². The second-order valence-corrected chi connectivity index (χ2v) is 15.6. The van der Waals surface area contributed by atoms with Crippen LogP contribution in [-0.4, -0.2) is 92.9 Å². The third-order valence-corrected chi connectivity index (χ3v) is 11.6. The molecule has 1 aliphatic carbocycles. The number of nitrogens with zero attached hydrogens (tertiary/aromatic N) is 2. The van der Waals surface area contributed by atoms with Crippen molar-refractivity contribution in [2.24, 2.45) is 5.92 Å². The molecule has 4 atom stereocenters. The summed E-state index contributed by atoms with van der Waals surface area (Å²) in [5.41, 5.74) is 0.429. The Bertz CT molecular complexity index is 1380. The minimum atomic E-state index is -3.84. The van der Waals surface area contributed by atoms with Crippen molar-refractivity contribution < 1.29 is 32.6 Å². The lowest BCUT2D eigenvalue weighted by atomic mass is 9.96. The van der Waals surface area contributed by atoms with E-state index < -0.39 is 22.0 Å². The lowest BCUT2D eigenvalue weighted by Gasteiger charge is -2.36. The number of anilines is 1. The van der Waals surface area contributed by atoms with Crippen LogP contribution in [0.2, 0.25) is 0 Å². The first-order chi connectivity index (χ1) is 22.0. The number of carbonyl (C=O) groups is 2. The molecule has 256 valence electrons. The van der Waals surface area contributed by atoms with Gasteiger partial charge in [-0.2, -0.15) is 0 Å². The van der Waals surface area contributed by atoms with E-state index in [0.717, 1.165) is 56.3 Å². The molecule has 1 aromatic heterocycles. The topological polar surface area (TPSA) is 138 Å². The number of likely N-dealkylation sites (N-methyl/N-ethyl adjacent to an activating group) is 1. The van der Waals surface area contributed by atoms with Crippen LogP contribution in [0.25, 0.3) is 0 Å². The molecule has 0 radical (unpaired) electrons. The van der Waals surface area contributed by atoms with Crippen LogP contribution in [-0.2, 0) is 14.8 Å². The van der Waals surface area contributed by atoms with E-state index in [1.54, 1.807) is 47.4 Å². The number of aliphatic hydroxyl groups is 1. The van der Waals surface area contributed by atoms with Crippen LogP contribution >= 0.6 is 11.3 Å². The Kier molecular flexibility index (Phi) is 13.1. The zero-order chi connectivity index (χ0) is 33.3. The molecule has 2 aliphatic rings. The van der Waals surface area contributed by atoms with E-state index in [2.05, 4.69) is 10.0 Å². The minimum Gasteiger partial charge on any atom is -0.490 e. The number of amides is 3. The van der Waals surface area contributed by atoms with E-state index in [1.165, 1.54) is 18.6 Å². The Labute approximate surface area is 277 Å². The summed E-state index contributed by atoms with van der Waals surface area (Å²) in [6, 6.07) is 7.41. The smallest absolute Gasteiger partial charge is 0.317 e. The highest BCUT2D eigenvalue weighted by molar-refractivity contribution is 7.94. The Morgan fingerprint density at radius 1 is 1.13 bits per heavy atom. The standard InChI is InChI=1S/C33H50N4O7S2/c1-23-20-37(24(2)22-38)32(39)28-19-27(35-46(41,42)31-14-10-18-45-31)15-16-29(28)44-25(3)11-8-9-17-43-30(23)21-36(4)33(40)34-26-12-6-5-7-13-26/h10,14-16,18-19,23-26,30,35,38H,5-9,11-13,17,20-22H2,1-4H3,(H,34,40)/t23-,24+,25+,30-/m1/s1. The molecule has 13 heteroatoms. The van der Waals surface area contributed by atoms with E-state index in [4.69, 9.17) is 9.47 Å². The molecule has 1 saturated carbocycles. The summed E-state index contributed by atoms with van der Waals surface area (Å²) in [4.78, 5) is 30.7. The zero-order valence-electron chi connectivity index (χ0n) is 27.4. The number of benzene rings is 1. The number of fused-ring (bicyclic) bond motifs is 1. The van der Waals surface area contributed by atoms with Crippen LogP contribution in [0.3, 0.4) is 0 Å². The molecular formula is C33H50N4O7S2. The predicted octanol–water partition coefficient (Wildman–Crippen LogP) is 5.32. The van der Waals surface area contributed by atoms with Crippen molar-refractivity contribution in [1.82, 2.24) is 15.1 Å². The molecule has 1 aromatic carbocycles. The first kappa shape index (κ1) is 36.0. The van der Waals surface area contributed by atoms with Crippen LogP contribution in [0.15, 0.2) is 39.9 Å². The average molecular weight is 679 g/mol. The van der Waals surface area contributed by atoms with Gasteiger partial charge < -0.3 is 29.7 Å². The SMILES string of the molecule is C[C@@H]1CN([C@@H](C)CO)C(=O)c2cc(NS(=O)(=O)c3cccs3)ccc2O[C@@H](C)CCCCO[C@@H]1CN(C)C(=O)NC1CCCCC1. The fraction of sp³-hybridized carbons (Fsp3) is 0.636. The van der Waals surface area contributed by atoms with Crippen LogP contribution in [0, 0.1) is 5.92 Å². The normalized spacial score (nSPS) is 23.0. The molecular weight excluding hydrogens is 629 g/mol. The number of rotatable bonds is 8. The minimum absolute atomic E-state index is 0.129. The van der Waals surface area contributed by atoms with Crippen molar-refractivity contribution in [3.8, 4) is 5.75 Å². The van der Waals surface area contributed by atoms with Gasteiger partial charge in [0.25, 0.3) is 15.9 Å². The highest BCUT2D eigenvalue weighted by Gasteiger charge is 2.31. The highest BCUT2D eigenvalue weighted by Crippen LogP contribution is 2.30. The van der Waals surface area contributed by atoms with Gasteiger partial charge in [0, 0.05) is 44.4 Å². The summed E-state index contributed by atoms with van der Waals surface area (Å²) >= 11 is 1.10. The lowest BCUT2D eigenvalue weighted by Crippen LogP contribution is -2.50. The predicted molar refractivity (Wildman–Crippen MR) is 180 cm³/mol. The molecule has 3 amide bonds. The number of sulfonamides is 1. The number of hydrogen-bond donors (Lipinski definition) is 3. The molecule has 0 unspecified atom stereocenters. The quantitative estimate of drug-likeness (QED) is 0.344. The Hall–Kier alpha value is -2.87. The van der Waals surface area contributed by atoms with E-state index in [1.807, 2.05) is 13.8 Å². The number of thiophene rings is 1. The van der Waals surface area contributed by atoms with Gasteiger partial charge in [0.05, 0.1) is 30.4 Å². The maximum absolute atomic E-state index is 14.3. The fourth-order valence-electron chi connectivity index (χ4n) is 5.96. The number of ether oxygens (including phenoxy) is 2. The Balaban J connectivity index is 1.60. The van der Waals surface area contributed by atoms with Crippen molar-refractivity contribution in [2.75, 3.05) is 38.1 Å². The Morgan fingerprint density at radius 3 is 2.57 bits per heavy atom. The second-order valence-electron chi connectivity index (χ2n) is 12.7. The first-order valence-corrected chi connectivity index (χ1v) is 18.8. The van der Waals surface area contributed by atoms with E-state index in [9.17, 15) is 23.1 Å². The van der Waals surface area contributed by atoms with Crippen LogP contribution in [0.4, 0.5) is 10.5 Å². The summed E-state index contributed by atoms with van der Waals surface area (Å²) in [7, 11) is -2.07. The zero-order valence-corrected chi connectivity index (χ0v) is 29.1. The molecule has 46 heavy (non-hydrogen) atoms. The molecule has 2 heterocycles.